The summed E-state index contributed by atoms with van der Waals surface area (Å²) in [5, 5.41) is 0. The highest BCUT2D eigenvalue weighted by atomic mass is 16.5. The van der Waals surface area contributed by atoms with Gasteiger partial charge in [0.2, 0.25) is 0 Å². The fourth-order valence-electron chi connectivity index (χ4n) is 4.41. The quantitative estimate of drug-likeness (QED) is 0.383. The molecule has 7 heteroatoms. The van der Waals surface area contributed by atoms with E-state index in [4.69, 9.17) is 9.47 Å². The largest absolute Gasteiger partial charge is 0.497 e. The molecule has 0 fully saturated rings. The summed E-state index contributed by atoms with van der Waals surface area (Å²) in [6, 6.07) is 17.8. The second-order valence-electron chi connectivity index (χ2n) is 8.66. The van der Waals surface area contributed by atoms with Gasteiger partial charge in [-0.15, -0.1) is 0 Å². The minimum atomic E-state index is -0.00960. The summed E-state index contributed by atoms with van der Waals surface area (Å²) >= 11 is 0. The molecule has 178 valence electrons. The van der Waals surface area contributed by atoms with Crippen LogP contribution < -0.4 is 9.47 Å². The lowest BCUT2D eigenvalue weighted by Crippen LogP contribution is -2.37. The van der Waals surface area contributed by atoms with Gasteiger partial charge in [0.1, 0.15) is 23.9 Å². The van der Waals surface area contributed by atoms with Gasteiger partial charge in [-0.25, -0.2) is 4.98 Å². The van der Waals surface area contributed by atoms with E-state index in [2.05, 4.69) is 20.6 Å². The number of aryl methyl sites for hydroxylation is 1. The Hall–Kier alpha value is -4.13. The Labute approximate surface area is 205 Å². The maximum Gasteiger partial charge on any atom is 0.254 e. The SMILES string of the molecule is COc1ccnc(CN2CCc3c(OCc4ccccc4)cc(Cn4ccnc4C)cc3C2=O)c1. The van der Waals surface area contributed by atoms with Gasteiger partial charge in [0, 0.05) is 48.9 Å². The van der Waals surface area contributed by atoms with Crippen molar-refractivity contribution in [2.75, 3.05) is 13.7 Å². The van der Waals surface area contributed by atoms with Crippen molar-refractivity contribution >= 4 is 5.91 Å². The van der Waals surface area contributed by atoms with Gasteiger partial charge in [0.15, 0.2) is 0 Å². The molecule has 2 aromatic carbocycles. The molecule has 0 radical (unpaired) electrons. The zero-order chi connectivity index (χ0) is 24.2. The van der Waals surface area contributed by atoms with Gasteiger partial charge in [-0.3, -0.25) is 9.78 Å². The molecule has 4 aromatic rings. The molecule has 3 heterocycles. The van der Waals surface area contributed by atoms with E-state index < -0.39 is 0 Å². The van der Waals surface area contributed by atoms with Crippen LogP contribution in [-0.2, 0) is 26.1 Å². The van der Waals surface area contributed by atoms with Gasteiger partial charge in [0.05, 0.1) is 19.3 Å². The molecule has 5 rings (SSSR count). The van der Waals surface area contributed by atoms with Crippen LogP contribution in [0.4, 0.5) is 0 Å². The van der Waals surface area contributed by atoms with Crippen LogP contribution in [0.2, 0.25) is 0 Å². The van der Waals surface area contributed by atoms with E-state index >= 15 is 0 Å². The minimum absolute atomic E-state index is 0.00960. The molecule has 0 saturated heterocycles. The number of hydrogen-bond donors (Lipinski definition) is 0. The van der Waals surface area contributed by atoms with Crippen molar-refractivity contribution in [1.29, 1.82) is 0 Å². The standard InChI is InChI=1S/C28H28N4O3/c1-20-29-11-13-31(20)17-22-14-26-25(27(15-22)35-19-21-6-4-3-5-7-21)9-12-32(28(26)33)18-23-16-24(34-2)8-10-30-23/h3-8,10-11,13-16H,9,12,17-19H2,1-2H3. The third-order valence-corrected chi connectivity index (χ3v) is 6.31. The Kier molecular flexibility index (Phi) is 6.48. The molecule has 0 unspecified atom stereocenters. The van der Waals surface area contributed by atoms with Gasteiger partial charge in [-0.1, -0.05) is 30.3 Å². The summed E-state index contributed by atoms with van der Waals surface area (Å²) in [7, 11) is 1.63. The molecule has 0 saturated carbocycles. The number of imidazole rings is 1. The molecule has 0 N–H and O–H groups in total. The Morgan fingerprint density at radius 1 is 0.971 bits per heavy atom. The molecule has 7 nitrogen and oxygen atoms in total. The normalized spacial score (nSPS) is 13.0. The van der Waals surface area contributed by atoms with Crippen LogP contribution >= 0.6 is 0 Å². The van der Waals surface area contributed by atoms with Crippen LogP contribution in [0.5, 0.6) is 11.5 Å². The number of ether oxygens (including phenoxy) is 2. The van der Waals surface area contributed by atoms with E-state index in [1.807, 2.05) is 60.5 Å². The Morgan fingerprint density at radius 3 is 2.60 bits per heavy atom. The first kappa shape index (κ1) is 22.7. The molecule has 1 amide bonds. The molecule has 0 spiro atoms. The van der Waals surface area contributed by atoms with E-state index in [-0.39, 0.29) is 5.91 Å². The number of carbonyl (C=O) groups is 1. The van der Waals surface area contributed by atoms with Crippen LogP contribution in [0.25, 0.3) is 0 Å². The maximum absolute atomic E-state index is 13.6. The molecule has 1 aliphatic rings. The minimum Gasteiger partial charge on any atom is -0.497 e. The Bertz CT molecular complexity index is 1330. The summed E-state index contributed by atoms with van der Waals surface area (Å²) in [5.41, 5.74) is 4.55. The van der Waals surface area contributed by atoms with E-state index in [0.29, 0.717) is 31.8 Å². The second-order valence-corrected chi connectivity index (χ2v) is 8.66. The third-order valence-electron chi connectivity index (χ3n) is 6.31. The van der Waals surface area contributed by atoms with Crippen molar-refractivity contribution in [3.8, 4) is 11.5 Å². The number of aromatic nitrogens is 3. The van der Waals surface area contributed by atoms with E-state index in [1.165, 1.54) is 0 Å². The highest BCUT2D eigenvalue weighted by Gasteiger charge is 2.28. The summed E-state index contributed by atoms with van der Waals surface area (Å²) in [6.45, 7) is 4.07. The monoisotopic (exact) mass is 468 g/mol. The van der Waals surface area contributed by atoms with Crippen LogP contribution in [0.3, 0.4) is 0 Å². The highest BCUT2D eigenvalue weighted by molar-refractivity contribution is 5.97. The van der Waals surface area contributed by atoms with Crippen LogP contribution in [0.15, 0.2) is 73.2 Å². The van der Waals surface area contributed by atoms with Crippen molar-refractivity contribution < 1.29 is 14.3 Å². The number of benzene rings is 2. The molecule has 2 aromatic heterocycles. The predicted octanol–water partition coefficient (Wildman–Crippen LogP) is 4.42. The van der Waals surface area contributed by atoms with E-state index in [0.717, 1.165) is 46.1 Å². The summed E-state index contributed by atoms with van der Waals surface area (Å²) in [4.78, 5) is 24.2. The van der Waals surface area contributed by atoms with E-state index in [1.54, 1.807) is 25.6 Å². The lowest BCUT2D eigenvalue weighted by atomic mass is 9.95. The summed E-state index contributed by atoms with van der Waals surface area (Å²) < 4.78 is 13.7. The van der Waals surface area contributed by atoms with Crippen molar-refractivity contribution in [1.82, 2.24) is 19.4 Å². The molecule has 0 atom stereocenters. The van der Waals surface area contributed by atoms with Gasteiger partial charge >= 0.3 is 0 Å². The van der Waals surface area contributed by atoms with Crippen LogP contribution in [-0.4, -0.2) is 39.0 Å². The first-order valence-corrected chi connectivity index (χ1v) is 11.7. The summed E-state index contributed by atoms with van der Waals surface area (Å²) in [5.74, 6) is 2.41. The molecular formula is C28H28N4O3. The molecular weight excluding hydrogens is 440 g/mol. The number of methoxy groups -OCH3 is 1. The smallest absolute Gasteiger partial charge is 0.254 e. The summed E-state index contributed by atoms with van der Waals surface area (Å²) in [6.07, 6.45) is 6.16. The molecule has 1 aliphatic heterocycles. The van der Waals surface area contributed by atoms with Crippen molar-refractivity contribution in [2.45, 2.75) is 33.0 Å². The number of rotatable bonds is 8. The third kappa shape index (κ3) is 5.04. The fraction of sp³-hybridized carbons (Fsp3) is 0.250. The first-order valence-electron chi connectivity index (χ1n) is 11.7. The zero-order valence-electron chi connectivity index (χ0n) is 20.0. The number of fused-ring (bicyclic) bond motifs is 1. The first-order chi connectivity index (χ1) is 17.1. The van der Waals surface area contributed by atoms with Crippen molar-refractivity contribution in [3.63, 3.8) is 0 Å². The Balaban J connectivity index is 1.45. The van der Waals surface area contributed by atoms with Crippen molar-refractivity contribution in [2.24, 2.45) is 0 Å². The Morgan fingerprint density at radius 2 is 1.83 bits per heavy atom. The lowest BCUT2D eigenvalue weighted by molar-refractivity contribution is 0.0722. The topological polar surface area (TPSA) is 69.5 Å². The zero-order valence-corrected chi connectivity index (χ0v) is 20.0. The molecule has 0 bridgehead atoms. The second kappa shape index (κ2) is 10.0. The highest BCUT2D eigenvalue weighted by Crippen LogP contribution is 2.32. The average Bonchev–Trinajstić information content (AvgIpc) is 3.29. The van der Waals surface area contributed by atoms with Crippen LogP contribution in [0, 0.1) is 6.92 Å². The number of amides is 1. The number of pyridine rings is 1. The van der Waals surface area contributed by atoms with Crippen LogP contribution in [0.1, 0.15) is 38.6 Å². The van der Waals surface area contributed by atoms with E-state index in [9.17, 15) is 4.79 Å². The molecule has 35 heavy (non-hydrogen) atoms. The van der Waals surface area contributed by atoms with Gasteiger partial charge < -0.3 is 18.9 Å². The predicted molar refractivity (Wildman–Crippen MR) is 133 cm³/mol. The fourth-order valence-corrected chi connectivity index (χ4v) is 4.41. The number of nitrogens with zero attached hydrogens (tertiary/aromatic N) is 4. The molecule has 0 aliphatic carbocycles. The number of carbonyl (C=O) groups excluding carboxylic acids is 1. The van der Waals surface area contributed by atoms with Gasteiger partial charge in [-0.2, -0.15) is 0 Å². The average molecular weight is 469 g/mol. The van der Waals surface area contributed by atoms with Gasteiger partial charge in [-0.05, 0) is 42.7 Å². The lowest BCUT2D eigenvalue weighted by Gasteiger charge is -2.30. The van der Waals surface area contributed by atoms with Crippen molar-refractivity contribution in [3.05, 3.63) is 107 Å². The van der Waals surface area contributed by atoms with Gasteiger partial charge in [0.25, 0.3) is 5.91 Å². The maximum atomic E-state index is 13.6. The number of hydrogen-bond acceptors (Lipinski definition) is 5.